The van der Waals surface area contributed by atoms with E-state index < -0.39 is 17.9 Å². The average Bonchev–Trinajstić information content (AvgIpc) is 2.91. The van der Waals surface area contributed by atoms with Gasteiger partial charge >= 0.3 is 12.0 Å². The molecule has 1 saturated carbocycles. The maximum Gasteiger partial charge on any atom is 0.328 e. The summed E-state index contributed by atoms with van der Waals surface area (Å²) in [6.45, 7) is 2.72. The third kappa shape index (κ3) is 4.67. The van der Waals surface area contributed by atoms with Gasteiger partial charge in [0.2, 0.25) is 0 Å². The maximum atomic E-state index is 11.5. The molecule has 3 amide bonds. The third-order valence-corrected chi connectivity index (χ3v) is 2.74. The van der Waals surface area contributed by atoms with Crippen molar-refractivity contribution in [2.45, 2.75) is 13.3 Å². The van der Waals surface area contributed by atoms with E-state index in [0.29, 0.717) is 24.5 Å². The van der Waals surface area contributed by atoms with Crippen LogP contribution in [0.3, 0.4) is 0 Å². The molecule has 6 heteroatoms. The average molecular weight is 240 g/mol. The molecule has 6 nitrogen and oxygen atoms in total. The fourth-order valence-corrected chi connectivity index (χ4v) is 1.48. The monoisotopic (exact) mass is 240 g/mol. The smallest absolute Gasteiger partial charge is 0.328 e. The van der Waals surface area contributed by atoms with Gasteiger partial charge in [0, 0.05) is 25.7 Å². The zero-order valence-electron chi connectivity index (χ0n) is 9.84. The SMILES string of the molecule is CC1CC1CN(C)C(=O)NC(=O)/C=C/C(=O)O. The predicted molar refractivity (Wildman–Crippen MR) is 60.2 cm³/mol. The number of hydrogen-bond donors (Lipinski definition) is 2. The molecule has 0 aliphatic heterocycles. The lowest BCUT2D eigenvalue weighted by atomic mass is 10.3. The standard InChI is InChI=1S/C11H16N2O4/c1-7-5-8(7)6-13(2)11(17)12-9(14)3-4-10(15)16/h3-4,7-8H,5-6H2,1-2H3,(H,15,16)(H,12,14,17)/b4-3+. The Morgan fingerprint density at radius 1 is 1.41 bits per heavy atom. The summed E-state index contributed by atoms with van der Waals surface area (Å²) in [5.41, 5.74) is 0. The van der Waals surface area contributed by atoms with E-state index in [1.54, 1.807) is 7.05 Å². The molecular weight excluding hydrogens is 224 g/mol. The number of nitrogens with one attached hydrogen (secondary N) is 1. The number of amides is 3. The largest absolute Gasteiger partial charge is 0.478 e. The molecule has 1 aliphatic carbocycles. The number of imide groups is 1. The Bertz CT molecular complexity index is 364. The van der Waals surface area contributed by atoms with E-state index in [0.717, 1.165) is 12.5 Å². The van der Waals surface area contributed by atoms with Gasteiger partial charge in [-0.2, -0.15) is 0 Å². The fourth-order valence-electron chi connectivity index (χ4n) is 1.48. The summed E-state index contributed by atoms with van der Waals surface area (Å²) >= 11 is 0. The van der Waals surface area contributed by atoms with Crippen molar-refractivity contribution in [2.75, 3.05) is 13.6 Å². The van der Waals surface area contributed by atoms with E-state index in [9.17, 15) is 14.4 Å². The molecule has 1 aliphatic rings. The van der Waals surface area contributed by atoms with Crippen molar-refractivity contribution in [3.63, 3.8) is 0 Å². The molecule has 2 N–H and O–H groups in total. The second kappa shape index (κ2) is 5.47. The number of carboxylic acid groups (broad SMARTS) is 1. The molecule has 0 saturated heterocycles. The van der Waals surface area contributed by atoms with Crippen molar-refractivity contribution in [3.8, 4) is 0 Å². The van der Waals surface area contributed by atoms with Crippen molar-refractivity contribution in [3.05, 3.63) is 12.2 Å². The minimum atomic E-state index is -1.23. The van der Waals surface area contributed by atoms with Crippen LogP contribution >= 0.6 is 0 Å². The van der Waals surface area contributed by atoms with Crippen LogP contribution in [0.1, 0.15) is 13.3 Å². The molecule has 2 unspecified atom stereocenters. The number of carbonyl (C=O) groups excluding carboxylic acids is 2. The first-order chi connectivity index (χ1) is 7.90. The second-order valence-electron chi connectivity index (χ2n) is 4.32. The van der Waals surface area contributed by atoms with E-state index >= 15 is 0 Å². The van der Waals surface area contributed by atoms with Gasteiger partial charge in [-0.25, -0.2) is 9.59 Å². The van der Waals surface area contributed by atoms with Crippen LogP contribution in [0.15, 0.2) is 12.2 Å². The Morgan fingerprint density at radius 3 is 2.47 bits per heavy atom. The Kier molecular flexibility index (Phi) is 4.25. The zero-order valence-corrected chi connectivity index (χ0v) is 9.84. The minimum Gasteiger partial charge on any atom is -0.478 e. The topological polar surface area (TPSA) is 86.7 Å². The summed E-state index contributed by atoms with van der Waals surface area (Å²) in [6.07, 6.45) is 2.60. The first-order valence-corrected chi connectivity index (χ1v) is 5.37. The summed E-state index contributed by atoms with van der Waals surface area (Å²) in [6, 6.07) is -0.510. The molecule has 1 fully saturated rings. The molecule has 1 rings (SSSR count). The number of aliphatic carboxylic acids is 1. The van der Waals surface area contributed by atoms with Crippen LogP contribution in [-0.2, 0) is 9.59 Å². The first kappa shape index (κ1) is 13.2. The lowest BCUT2D eigenvalue weighted by Gasteiger charge is -2.16. The summed E-state index contributed by atoms with van der Waals surface area (Å²) < 4.78 is 0. The van der Waals surface area contributed by atoms with Crippen LogP contribution in [0.4, 0.5) is 4.79 Å². The molecule has 0 aromatic carbocycles. The van der Waals surface area contributed by atoms with Crippen molar-refractivity contribution >= 4 is 17.9 Å². The molecule has 0 aromatic rings. The number of carbonyl (C=O) groups is 3. The van der Waals surface area contributed by atoms with Gasteiger partial charge in [-0.1, -0.05) is 6.92 Å². The predicted octanol–water partition coefficient (Wildman–Crippen LogP) is 0.451. The number of urea groups is 1. The summed E-state index contributed by atoms with van der Waals surface area (Å²) in [4.78, 5) is 34.2. The quantitative estimate of drug-likeness (QED) is 0.698. The lowest BCUT2D eigenvalue weighted by Crippen LogP contribution is -2.41. The zero-order chi connectivity index (χ0) is 13.0. The Labute approximate surface area is 99.3 Å². The highest BCUT2D eigenvalue weighted by atomic mass is 16.4. The summed E-state index contributed by atoms with van der Waals surface area (Å²) in [5.74, 6) is -0.816. The van der Waals surface area contributed by atoms with E-state index in [4.69, 9.17) is 5.11 Å². The Hall–Kier alpha value is -1.85. The van der Waals surface area contributed by atoms with Crippen LogP contribution in [0, 0.1) is 11.8 Å². The molecule has 0 heterocycles. The van der Waals surface area contributed by atoms with Crippen LogP contribution in [-0.4, -0.2) is 41.5 Å². The molecule has 0 spiro atoms. The normalized spacial score (nSPS) is 22.2. The van der Waals surface area contributed by atoms with Crippen molar-refractivity contribution < 1.29 is 19.5 Å². The van der Waals surface area contributed by atoms with Gasteiger partial charge in [0.25, 0.3) is 5.91 Å². The van der Waals surface area contributed by atoms with Gasteiger partial charge in [-0.15, -0.1) is 0 Å². The first-order valence-electron chi connectivity index (χ1n) is 5.37. The molecule has 0 bridgehead atoms. The highest BCUT2D eigenvalue weighted by Crippen LogP contribution is 2.37. The number of nitrogens with zero attached hydrogens (tertiary/aromatic N) is 1. The van der Waals surface area contributed by atoms with Gasteiger partial charge in [0.15, 0.2) is 0 Å². The molecular formula is C11H16N2O4. The van der Waals surface area contributed by atoms with Crippen LogP contribution in [0.2, 0.25) is 0 Å². The highest BCUT2D eigenvalue weighted by Gasteiger charge is 2.34. The van der Waals surface area contributed by atoms with Crippen molar-refractivity contribution in [1.82, 2.24) is 10.2 Å². The molecule has 94 valence electrons. The number of hydrogen-bond acceptors (Lipinski definition) is 3. The van der Waals surface area contributed by atoms with E-state index in [2.05, 4.69) is 12.2 Å². The summed E-state index contributed by atoms with van der Waals surface area (Å²) in [7, 11) is 1.61. The van der Waals surface area contributed by atoms with Gasteiger partial charge in [-0.05, 0) is 18.3 Å². The van der Waals surface area contributed by atoms with Crippen LogP contribution in [0.25, 0.3) is 0 Å². The number of rotatable bonds is 4. The fraction of sp³-hybridized carbons (Fsp3) is 0.545. The van der Waals surface area contributed by atoms with Crippen molar-refractivity contribution in [1.29, 1.82) is 0 Å². The maximum absolute atomic E-state index is 11.5. The minimum absolute atomic E-state index is 0.510. The molecule has 0 radical (unpaired) electrons. The van der Waals surface area contributed by atoms with Gasteiger partial charge in [0.05, 0.1) is 0 Å². The Balaban J connectivity index is 2.32. The Morgan fingerprint density at radius 2 is 2.00 bits per heavy atom. The van der Waals surface area contributed by atoms with Crippen molar-refractivity contribution in [2.24, 2.45) is 11.8 Å². The summed E-state index contributed by atoms with van der Waals surface area (Å²) in [5, 5.41) is 10.4. The van der Waals surface area contributed by atoms with Crippen LogP contribution in [0.5, 0.6) is 0 Å². The highest BCUT2D eigenvalue weighted by molar-refractivity contribution is 6.02. The van der Waals surface area contributed by atoms with Gasteiger partial charge < -0.3 is 10.0 Å². The van der Waals surface area contributed by atoms with Gasteiger partial charge in [-0.3, -0.25) is 10.1 Å². The molecule has 17 heavy (non-hydrogen) atoms. The van der Waals surface area contributed by atoms with E-state index in [1.807, 2.05) is 0 Å². The molecule has 0 aromatic heterocycles. The van der Waals surface area contributed by atoms with Gasteiger partial charge in [0.1, 0.15) is 0 Å². The second-order valence-corrected chi connectivity index (χ2v) is 4.32. The number of carboxylic acids is 1. The third-order valence-electron chi connectivity index (χ3n) is 2.74. The molecule has 2 atom stereocenters. The lowest BCUT2D eigenvalue weighted by molar-refractivity contribution is -0.131. The van der Waals surface area contributed by atoms with E-state index in [1.165, 1.54) is 4.90 Å². The van der Waals surface area contributed by atoms with Crippen LogP contribution < -0.4 is 5.32 Å². The van der Waals surface area contributed by atoms with E-state index in [-0.39, 0.29) is 0 Å².